The van der Waals surface area contributed by atoms with Crippen molar-refractivity contribution in [1.82, 2.24) is 15.2 Å². The lowest BCUT2D eigenvalue weighted by Crippen LogP contribution is -2.50. The van der Waals surface area contributed by atoms with Gasteiger partial charge in [-0.1, -0.05) is 18.2 Å². The number of benzene rings is 2. The molecule has 0 aliphatic carbocycles. The quantitative estimate of drug-likeness (QED) is 0.693. The van der Waals surface area contributed by atoms with E-state index in [2.05, 4.69) is 10.6 Å². The standard InChI is InChI=1S/C22H23F2N3O2/c1-29-15-7-5-14(6-8-15)12-27-13-16(21-17(23)3-2-4-20(21)27)22(28)26-19-9-10-25-11-18(19)24/h2-8,13,18-19,25H,9-12H2,1H3,(H,26,28). The number of aromatic nitrogens is 1. The molecule has 0 radical (unpaired) electrons. The van der Waals surface area contributed by atoms with Crippen LogP contribution in [0.2, 0.25) is 0 Å². The molecule has 4 rings (SSSR count). The number of alkyl halides is 1. The molecular weight excluding hydrogens is 376 g/mol. The minimum absolute atomic E-state index is 0.207. The van der Waals surface area contributed by atoms with Gasteiger partial charge in [0.2, 0.25) is 0 Å². The van der Waals surface area contributed by atoms with Crippen molar-refractivity contribution in [1.29, 1.82) is 0 Å². The summed E-state index contributed by atoms with van der Waals surface area (Å²) in [5.41, 5.74) is 1.83. The fourth-order valence-electron chi connectivity index (χ4n) is 3.77. The number of methoxy groups -OCH3 is 1. The van der Waals surface area contributed by atoms with E-state index in [0.29, 0.717) is 25.0 Å². The molecule has 1 aliphatic rings. The van der Waals surface area contributed by atoms with Gasteiger partial charge in [0.25, 0.3) is 5.91 Å². The molecule has 5 nitrogen and oxygen atoms in total. The molecule has 2 atom stereocenters. The molecule has 2 N–H and O–H groups in total. The Morgan fingerprint density at radius 2 is 2.07 bits per heavy atom. The van der Waals surface area contributed by atoms with Crippen molar-refractivity contribution in [3.8, 4) is 5.75 Å². The fourth-order valence-corrected chi connectivity index (χ4v) is 3.77. The number of carbonyl (C=O) groups excluding carboxylic acids is 1. The summed E-state index contributed by atoms with van der Waals surface area (Å²) in [7, 11) is 1.60. The topological polar surface area (TPSA) is 55.3 Å². The normalized spacial score (nSPS) is 19.3. The van der Waals surface area contributed by atoms with Gasteiger partial charge in [0.05, 0.1) is 24.2 Å². The van der Waals surface area contributed by atoms with E-state index >= 15 is 0 Å². The van der Waals surface area contributed by atoms with Crippen molar-refractivity contribution < 1.29 is 18.3 Å². The Labute approximate surface area is 167 Å². The minimum Gasteiger partial charge on any atom is -0.497 e. The van der Waals surface area contributed by atoms with Crippen LogP contribution in [0.1, 0.15) is 22.3 Å². The Morgan fingerprint density at radius 1 is 1.28 bits per heavy atom. The van der Waals surface area contributed by atoms with Crippen LogP contribution in [0, 0.1) is 5.82 Å². The second-order valence-corrected chi connectivity index (χ2v) is 7.24. The van der Waals surface area contributed by atoms with Gasteiger partial charge < -0.3 is 19.9 Å². The molecule has 1 aromatic heterocycles. The molecule has 1 fully saturated rings. The molecule has 2 unspecified atom stereocenters. The zero-order valence-corrected chi connectivity index (χ0v) is 16.1. The molecule has 0 saturated carbocycles. The first-order valence-corrected chi connectivity index (χ1v) is 9.62. The van der Waals surface area contributed by atoms with Crippen LogP contribution in [0.5, 0.6) is 5.75 Å². The highest BCUT2D eigenvalue weighted by Gasteiger charge is 2.28. The van der Waals surface area contributed by atoms with Crippen LogP contribution >= 0.6 is 0 Å². The minimum atomic E-state index is -1.16. The number of nitrogens with zero attached hydrogens (tertiary/aromatic N) is 1. The van der Waals surface area contributed by atoms with E-state index in [1.807, 2.05) is 28.8 Å². The summed E-state index contributed by atoms with van der Waals surface area (Å²) >= 11 is 0. The van der Waals surface area contributed by atoms with E-state index in [1.54, 1.807) is 25.4 Å². The highest BCUT2D eigenvalue weighted by molar-refractivity contribution is 6.07. The van der Waals surface area contributed by atoms with Gasteiger partial charge in [0, 0.05) is 24.7 Å². The molecule has 152 valence electrons. The van der Waals surface area contributed by atoms with Crippen LogP contribution in [0.4, 0.5) is 8.78 Å². The number of halogens is 2. The SMILES string of the molecule is COc1ccc(Cn2cc(C(=O)NC3CCNCC3F)c3c(F)cccc32)cc1. The summed E-state index contributed by atoms with van der Waals surface area (Å²) in [6.45, 7) is 1.31. The molecule has 1 saturated heterocycles. The average Bonchev–Trinajstić information content (AvgIpc) is 3.10. The van der Waals surface area contributed by atoms with Gasteiger partial charge >= 0.3 is 0 Å². The van der Waals surface area contributed by atoms with Crippen molar-refractivity contribution in [3.05, 3.63) is 65.6 Å². The lowest BCUT2D eigenvalue weighted by atomic mass is 10.0. The number of ether oxygens (including phenoxy) is 1. The van der Waals surface area contributed by atoms with E-state index in [0.717, 1.165) is 11.3 Å². The second-order valence-electron chi connectivity index (χ2n) is 7.24. The van der Waals surface area contributed by atoms with Crippen molar-refractivity contribution in [3.63, 3.8) is 0 Å². The number of hydrogen-bond acceptors (Lipinski definition) is 3. The summed E-state index contributed by atoms with van der Waals surface area (Å²) in [6, 6.07) is 11.7. The largest absolute Gasteiger partial charge is 0.497 e. The molecule has 3 aromatic rings. The Bertz CT molecular complexity index is 1020. The monoisotopic (exact) mass is 399 g/mol. The molecule has 7 heteroatoms. The molecule has 0 bridgehead atoms. The number of nitrogens with one attached hydrogen (secondary N) is 2. The molecule has 29 heavy (non-hydrogen) atoms. The first kappa shape index (κ1) is 19.4. The van der Waals surface area contributed by atoms with E-state index < -0.39 is 23.9 Å². The maximum absolute atomic E-state index is 14.6. The average molecular weight is 399 g/mol. The number of fused-ring (bicyclic) bond motifs is 1. The third-order valence-electron chi connectivity index (χ3n) is 5.34. The zero-order chi connectivity index (χ0) is 20.4. The first-order valence-electron chi connectivity index (χ1n) is 9.62. The summed E-state index contributed by atoms with van der Waals surface area (Å²) in [4.78, 5) is 12.9. The van der Waals surface area contributed by atoms with E-state index in [9.17, 15) is 13.6 Å². The Hall–Kier alpha value is -2.93. The van der Waals surface area contributed by atoms with Crippen molar-refractivity contribution in [2.45, 2.75) is 25.2 Å². The van der Waals surface area contributed by atoms with Crippen LogP contribution in [-0.2, 0) is 6.54 Å². The lowest BCUT2D eigenvalue weighted by Gasteiger charge is -2.27. The van der Waals surface area contributed by atoms with Gasteiger partial charge in [-0.25, -0.2) is 8.78 Å². The Morgan fingerprint density at radius 3 is 2.79 bits per heavy atom. The van der Waals surface area contributed by atoms with Crippen molar-refractivity contribution in [2.24, 2.45) is 0 Å². The molecule has 1 aliphatic heterocycles. The number of piperidine rings is 1. The molecule has 2 aromatic carbocycles. The predicted molar refractivity (Wildman–Crippen MR) is 108 cm³/mol. The number of rotatable bonds is 5. The van der Waals surface area contributed by atoms with E-state index in [4.69, 9.17) is 4.74 Å². The van der Waals surface area contributed by atoms with Gasteiger partial charge in [0.15, 0.2) is 0 Å². The maximum atomic E-state index is 14.6. The first-order chi connectivity index (χ1) is 14.1. The summed E-state index contributed by atoms with van der Waals surface area (Å²) < 4.78 is 35.7. The Balaban J connectivity index is 1.66. The molecule has 0 spiro atoms. The van der Waals surface area contributed by atoms with E-state index in [-0.39, 0.29) is 17.5 Å². The molecule has 2 heterocycles. The number of carbonyl (C=O) groups is 1. The number of amides is 1. The lowest BCUT2D eigenvalue weighted by molar-refractivity contribution is 0.0893. The second kappa shape index (κ2) is 8.21. The Kier molecular flexibility index (Phi) is 5.49. The zero-order valence-electron chi connectivity index (χ0n) is 16.1. The van der Waals surface area contributed by atoms with Gasteiger partial charge in [-0.15, -0.1) is 0 Å². The van der Waals surface area contributed by atoms with Crippen LogP contribution in [0.25, 0.3) is 10.9 Å². The van der Waals surface area contributed by atoms with Gasteiger partial charge in [-0.05, 0) is 42.8 Å². The van der Waals surface area contributed by atoms with Crippen LogP contribution in [-0.4, -0.2) is 42.9 Å². The third-order valence-corrected chi connectivity index (χ3v) is 5.34. The fraction of sp³-hybridized carbons (Fsp3) is 0.318. The maximum Gasteiger partial charge on any atom is 0.253 e. The van der Waals surface area contributed by atoms with Crippen LogP contribution in [0.3, 0.4) is 0 Å². The third kappa shape index (κ3) is 3.96. The predicted octanol–water partition coefficient (Wildman–Crippen LogP) is 3.27. The summed E-state index contributed by atoms with van der Waals surface area (Å²) in [5.74, 6) is -0.175. The van der Waals surface area contributed by atoms with Gasteiger partial charge in [0.1, 0.15) is 17.7 Å². The van der Waals surface area contributed by atoms with Crippen molar-refractivity contribution in [2.75, 3.05) is 20.2 Å². The van der Waals surface area contributed by atoms with E-state index in [1.165, 1.54) is 6.07 Å². The van der Waals surface area contributed by atoms with Crippen LogP contribution in [0.15, 0.2) is 48.7 Å². The number of hydrogen-bond donors (Lipinski definition) is 2. The summed E-state index contributed by atoms with van der Waals surface area (Å²) in [6.07, 6.45) is 0.979. The highest BCUT2D eigenvalue weighted by atomic mass is 19.1. The van der Waals surface area contributed by atoms with Crippen LogP contribution < -0.4 is 15.4 Å². The van der Waals surface area contributed by atoms with Gasteiger partial charge in [-0.3, -0.25) is 4.79 Å². The van der Waals surface area contributed by atoms with Crippen molar-refractivity contribution >= 4 is 16.8 Å². The smallest absolute Gasteiger partial charge is 0.253 e. The van der Waals surface area contributed by atoms with Gasteiger partial charge in [-0.2, -0.15) is 0 Å². The molecular formula is C22H23F2N3O2. The highest BCUT2D eigenvalue weighted by Crippen LogP contribution is 2.26. The summed E-state index contributed by atoms with van der Waals surface area (Å²) in [5, 5.41) is 5.96. The molecule has 1 amide bonds.